The normalized spacial score (nSPS) is 10.7. The predicted octanol–water partition coefficient (Wildman–Crippen LogP) is 1.20. The highest BCUT2D eigenvalue weighted by molar-refractivity contribution is 5.85. The molecule has 0 aliphatic carbocycles. The van der Waals surface area contributed by atoms with E-state index in [4.69, 9.17) is 4.74 Å². The van der Waals surface area contributed by atoms with Crippen molar-refractivity contribution in [3.8, 4) is 0 Å². The minimum atomic E-state index is -0.606. The highest BCUT2D eigenvalue weighted by Crippen LogP contribution is 2.06. The van der Waals surface area contributed by atoms with Gasteiger partial charge in [0.25, 0.3) is 0 Å². The Morgan fingerprint density at radius 3 is 2.62 bits per heavy atom. The molecule has 116 valence electrons. The molecule has 1 heterocycles. The van der Waals surface area contributed by atoms with Crippen LogP contribution in [0.5, 0.6) is 0 Å². The third-order valence-electron chi connectivity index (χ3n) is 2.12. The van der Waals surface area contributed by atoms with Gasteiger partial charge in [0.15, 0.2) is 0 Å². The molecule has 8 heteroatoms. The maximum Gasteiger partial charge on any atom is 0.407 e. The van der Waals surface area contributed by atoms with Gasteiger partial charge in [-0.2, -0.15) is 0 Å². The van der Waals surface area contributed by atoms with Crippen molar-refractivity contribution in [2.24, 2.45) is 0 Å². The Kier molecular flexibility index (Phi) is 5.89. The van der Waals surface area contributed by atoms with Gasteiger partial charge in [-0.1, -0.05) is 0 Å². The summed E-state index contributed by atoms with van der Waals surface area (Å²) >= 11 is 0. The fourth-order valence-electron chi connectivity index (χ4n) is 1.32. The van der Waals surface area contributed by atoms with Gasteiger partial charge in [-0.3, -0.25) is 0 Å². The standard InChI is InChI=1S/C13H20N4O4/c1-13(2,3)21-12(19)16-8-7-14-9-5-6-15-10(17-9)11(18)20-4/h5-6H,7-8H2,1-4H3,(H,16,19)(H,14,15,17). The van der Waals surface area contributed by atoms with Gasteiger partial charge >= 0.3 is 12.1 Å². The van der Waals surface area contributed by atoms with E-state index in [-0.39, 0.29) is 5.82 Å². The molecule has 0 saturated heterocycles. The average molecular weight is 296 g/mol. The summed E-state index contributed by atoms with van der Waals surface area (Å²) in [5.41, 5.74) is -0.528. The second kappa shape index (κ2) is 7.41. The van der Waals surface area contributed by atoms with Crippen LogP contribution in [-0.4, -0.2) is 47.8 Å². The van der Waals surface area contributed by atoms with E-state index in [9.17, 15) is 9.59 Å². The molecule has 1 amide bonds. The van der Waals surface area contributed by atoms with E-state index >= 15 is 0 Å². The number of hydrogen-bond acceptors (Lipinski definition) is 7. The molecule has 0 bridgehead atoms. The molecule has 1 rings (SSSR count). The highest BCUT2D eigenvalue weighted by atomic mass is 16.6. The maximum atomic E-state index is 11.4. The summed E-state index contributed by atoms with van der Waals surface area (Å²) in [6, 6.07) is 1.61. The van der Waals surface area contributed by atoms with Gasteiger partial charge in [0.2, 0.25) is 5.82 Å². The second-order valence-corrected chi connectivity index (χ2v) is 5.11. The van der Waals surface area contributed by atoms with Gasteiger partial charge in [-0.05, 0) is 26.8 Å². The van der Waals surface area contributed by atoms with Gasteiger partial charge < -0.3 is 20.1 Å². The smallest absolute Gasteiger partial charge is 0.407 e. The summed E-state index contributed by atoms with van der Waals surface area (Å²) in [6.45, 7) is 6.16. The number of hydrogen-bond donors (Lipinski definition) is 2. The molecule has 0 saturated carbocycles. The number of carbonyl (C=O) groups excluding carboxylic acids is 2. The summed E-state index contributed by atoms with van der Waals surface area (Å²) in [6.07, 6.45) is 0.963. The van der Waals surface area contributed by atoms with Crippen molar-refractivity contribution >= 4 is 17.9 Å². The molecule has 0 radical (unpaired) electrons. The number of rotatable bonds is 5. The Morgan fingerprint density at radius 1 is 1.29 bits per heavy atom. The highest BCUT2D eigenvalue weighted by Gasteiger charge is 2.15. The first-order valence-electron chi connectivity index (χ1n) is 6.44. The van der Waals surface area contributed by atoms with Crippen LogP contribution in [0.15, 0.2) is 12.3 Å². The van der Waals surface area contributed by atoms with Crippen molar-refractivity contribution in [1.29, 1.82) is 0 Å². The summed E-state index contributed by atoms with van der Waals surface area (Å²) in [7, 11) is 1.26. The van der Waals surface area contributed by atoms with Crippen LogP contribution in [0.1, 0.15) is 31.4 Å². The first-order valence-corrected chi connectivity index (χ1v) is 6.44. The lowest BCUT2D eigenvalue weighted by Crippen LogP contribution is -2.35. The van der Waals surface area contributed by atoms with Gasteiger partial charge in [-0.25, -0.2) is 19.6 Å². The van der Waals surface area contributed by atoms with Crippen LogP contribution in [0, 0.1) is 0 Å². The zero-order chi connectivity index (χ0) is 15.9. The van der Waals surface area contributed by atoms with E-state index < -0.39 is 17.7 Å². The van der Waals surface area contributed by atoms with Crippen LogP contribution >= 0.6 is 0 Å². The number of esters is 1. The number of alkyl carbamates (subject to hydrolysis) is 1. The van der Waals surface area contributed by atoms with E-state index in [2.05, 4.69) is 25.3 Å². The van der Waals surface area contributed by atoms with Crippen molar-refractivity contribution in [3.63, 3.8) is 0 Å². The number of aromatic nitrogens is 2. The number of anilines is 1. The van der Waals surface area contributed by atoms with Crippen molar-refractivity contribution < 1.29 is 19.1 Å². The lowest BCUT2D eigenvalue weighted by molar-refractivity contribution is 0.0528. The molecule has 21 heavy (non-hydrogen) atoms. The minimum Gasteiger partial charge on any atom is -0.463 e. The van der Waals surface area contributed by atoms with Crippen LogP contribution in [0.25, 0.3) is 0 Å². The zero-order valence-electron chi connectivity index (χ0n) is 12.6. The van der Waals surface area contributed by atoms with Crippen molar-refractivity contribution in [3.05, 3.63) is 18.1 Å². The molecule has 0 aliphatic rings. The van der Waals surface area contributed by atoms with Crippen LogP contribution in [0.4, 0.5) is 10.6 Å². The monoisotopic (exact) mass is 296 g/mol. The lowest BCUT2D eigenvalue weighted by atomic mass is 10.2. The SMILES string of the molecule is COC(=O)c1nccc(NCCNC(=O)OC(C)(C)C)n1. The average Bonchev–Trinajstić information content (AvgIpc) is 2.41. The maximum absolute atomic E-state index is 11.4. The molecule has 1 aromatic rings. The van der Waals surface area contributed by atoms with Gasteiger partial charge in [0.05, 0.1) is 7.11 Å². The van der Waals surface area contributed by atoms with E-state index in [0.29, 0.717) is 18.9 Å². The van der Waals surface area contributed by atoms with E-state index in [1.165, 1.54) is 13.3 Å². The molecule has 0 fully saturated rings. The Labute approximate surface area is 123 Å². The van der Waals surface area contributed by atoms with Crippen LogP contribution < -0.4 is 10.6 Å². The zero-order valence-corrected chi connectivity index (χ0v) is 12.6. The van der Waals surface area contributed by atoms with Crippen LogP contribution in [0.3, 0.4) is 0 Å². The Hall–Kier alpha value is -2.38. The van der Waals surface area contributed by atoms with Crippen LogP contribution in [0.2, 0.25) is 0 Å². The molecule has 1 aromatic heterocycles. The quantitative estimate of drug-likeness (QED) is 0.621. The minimum absolute atomic E-state index is 0.0254. The van der Waals surface area contributed by atoms with E-state index in [1.807, 2.05) is 0 Å². The third kappa shape index (κ3) is 6.55. The number of amides is 1. The largest absolute Gasteiger partial charge is 0.463 e. The second-order valence-electron chi connectivity index (χ2n) is 5.11. The fraction of sp³-hybridized carbons (Fsp3) is 0.538. The summed E-state index contributed by atoms with van der Waals surface area (Å²) in [5.74, 6) is -0.162. The Balaban J connectivity index is 2.36. The van der Waals surface area contributed by atoms with E-state index in [0.717, 1.165) is 0 Å². The molecular formula is C13H20N4O4. The predicted molar refractivity (Wildman–Crippen MR) is 76.1 cm³/mol. The number of methoxy groups -OCH3 is 1. The van der Waals surface area contributed by atoms with Crippen molar-refractivity contribution in [2.45, 2.75) is 26.4 Å². The van der Waals surface area contributed by atoms with Crippen molar-refractivity contribution in [2.75, 3.05) is 25.5 Å². The molecule has 2 N–H and O–H groups in total. The number of nitrogens with zero attached hydrogens (tertiary/aromatic N) is 2. The van der Waals surface area contributed by atoms with E-state index in [1.54, 1.807) is 26.8 Å². The molecule has 0 unspecified atom stereocenters. The molecule has 0 atom stereocenters. The Morgan fingerprint density at radius 2 is 2.00 bits per heavy atom. The van der Waals surface area contributed by atoms with Gasteiger partial charge in [0.1, 0.15) is 11.4 Å². The molecule has 8 nitrogen and oxygen atoms in total. The number of nitrogens with one attached hydrogen (secondary N) is 2. The first kappa shape index (κ1) is 16.7. The molecule has 0 spiro atoms. The van der Waals surface area contributed by atoms with Crippen molar-refractivity contribution in [1.82, 2.24) is 15.3 Å². The topological polar surface area (TPSA) is 102 Å². The molecule has 0 aliphatic heterocycles. The number of carbonyl (C=O) groups is 2. The first-order chi connectivity index (χ1) is 9.81. The molecular weight excluding hydrogens is 276 g/mol. The third-order valence-corrected chi connectivity index (χ3v) is 2.12. The Bertz CT molecular complexity index is 499. The summed E-state index contributed by atoms with van der Waals surface area (Å²) in [5, 5.41) is 5.55. The summed E-state index contributed by atoms with van der Waals surface area (Å²) < 4.78 is 9.62. The van der Waals surface area contributed by atoms with Gasteiger partial charge in [0, 0.05) is 19.3 Å². The summed E-state index contributed by atoms with van der Waals surface area (Å²) in [4.78, 5) is 30.4. The fourth-order valence-corrected chi connectivity index (χ4v) is 1.32. The molecule has 0 aromatic carbocycles. The number of ether oxygens (including phenoxy) is 2. The van der Waals surface area contributed by atoms with Crippen LogP contribution in [-0.2, 0) is 9.47 Å². The van der Waals surface area contributed by atoms with Gasteiger partial charge in [-0.15, -0.1) is 0 Å². The lowest BCUT2D eigenvalue weighted by Gasteiger charge is -2.19.